The number of hydrogen-bond donors (Lipinski definition) is 2. The van der Waals surface area contributed by atoms with E-state index in [2.05, 4.69) is 10.2 Å². The molecular weight excluding hydrogens is 348 g/mol. The number of carbonyl (C=O) groups is 1. The zero-order chi connectivity index (χ0) is 18.1. The quantitative estimate of drug-likeness (QED) is 0.692. The van der Waals surface area contributed by atoms with E-state index in [0.29, 0.717) is 17.0 Å². The summed E-state index contributed by atoms with van der Waals surface area (Å²) in [5, 5.41) is 16.3. The average Bonchev–Trinajstić information content (AvgIpc) is 2.97. The van der Waals surface area contributed by atoms with Crippen LogP contribution in [0.4, 0.5) is 0 Å². The minimum absolute atomic E-state index is 0.00615. The monoisotopic (exact) mass is 364 g/mol. The molecule has 0 saturated carbocycles. The number of nitrogens with one attached hydrogen (secondary N) is 1. The lowest BCUT2D eigenvalue weighted by Crippen LogP contribution is -2.07. The molecule has 4 rings (SSSR count). The van der Waals surface area contributed by atoms with Crippen LogP contribution in [0.3, 0.4) is 0 Å². The third-order valence-corrected chi connectivity index (χ3v) is 4.63. The van der Waals surface area contributed by atoms with Gasteiger partial charge in [0.2, 0.25) is 0 Å². The molecule has 3 aromatic rings. The zero-order valence-corrected chi connectivity index (χ0v) is 14.6. The number of aromatic nitrogens is 3. The smallest absolute Gasteiger partial charge is 0.303 e. The summed E-state index contributed by atoms with van der Waals surface area (Å²) in [5.74, 6) is -0.224. The second kappa shape index (κ2) is 6.68. The Balaban J connectivity index is 1.96. The Morgan fingerprint density at radius 1 is 1.15 bits per heavy atom. The average molecular weight is 364 g/mol. The summed E-state index contributed by atoms with van der Waals surface area (Å²) in [6.45, 7) is 0. The second-order valence-electron chi connectivity index (χ2n) is 6.03. The fraction of sp³-hybridized carbons (Fsp3) is 0.158. The van der Waals surface area contributed by atoms with Gasteiger partial charge in [0, 0.05) is 17.5 Å². The van der Waals surface area contributed by atoms with E-state index in [-0.39, 0.29) is 6.42 Å². The molecule has 0 unspecified atom stereocenters. The summed E-state index contributed by atoms with van der Waals surface area (Å²) >= 11 is 5.43. The van der Waals surface area contributed by atoms with Crippen LogP contribution in [0.25, 0.3) is 5.69 Å². The highest BCUT2D eigenvalue weighted by Gasteiger charge is 2.27. The van der Waals surface area contributed by atoms with Gasteiger partial charge in [0.05, 0.1) is 11.4 Å². The Kier molecular flexibility index (Phi) is 4.22. The van der Waals surface area contributed by atoms with Crippen molar-refractivity contribution in [2.75, 3.05) is 0 Å². The third-order valence-electron chi connectivity index (χ3n) is 4.36. The molecule has 0 spiro atoms. The van der Waals surface area contributed by atoms with Gasteiger partial charge >= 0.3 is 5.97 Å². The highest BCUT2D eigenvalue weighted by molar-refractivity contribution is 7.71. The highest BCUT2D eigenvalue weighted by Crippen LogP contribution is 2.32. The molecule has 1 atom stereocenters. The normalized spacial score (nSPS) is 15.5. The van der Waals surface area contributed by atoms with Gasteiger partial charge in [-0.1, -0.05) is 48.5 Å². The van der Waals surface area contributed by atoms with Gasteiger partial charge in [-0.3, -0.25) is 19.5 Å². The van der Waals surface area contributed by atoms with Crippen molar-refractivity contribution in [2.24, 2.45) is 4.99 Å². The Hall–Kier alpha value is -3.06. The predicted octanol–water partition coefficient (Wildman–Crippen LogP) is 3.69. The van der Waals surface area contributed by atoms with Gasteiger partial charge in [0.1, 0.15) is 6.04 Å². The van der Waals surface area contributed by atoms with Crippen LogP contribution < -0.4 is 0 Å². The van der Waals surface area contributed by atoms with Gasteiger partial charge in [-0.25, -0.2) is 0 Å². The van der Waals surface area contributed by atoms with Gasteiger partial charge in [-0.05, 0) is 24.7 Å². The van der Waals surface area contributed by atoms with Gasteiger partial charge in [-0.15, -0.1) is 0 Å². The van der Waals surface area contributed by atoms with E-state index >= 15 is 0 Å². The summed E-state index contributed by atoms with van der Waals surface area (Å²) < 4.78 is 2.33. The molecule has 2 heterocycles. The molecule has 0 fully saturated rings. The van der Waals surface area contributed by atoms with Crippen molar-refractivity contribution in [3.05, 3.63) is 76.3 Å². The number of H-pyrrole nitrogens is 1. The van der Waals surface area contributed by atoms with Gasteiger partial charge in [0.15, 0.2) is 10.6 Å². The van der Waals surface area contributed by atoms with E-state index in [0.717, 1.165) is 22.5 Å². The van der Waals surface area contributed by atoms with Crippen LogP contribution >= 0.6 is 12.2 Å². The number of hydrogen-bond acceptors (Lipinski definition) is 4. The standard InChI is InChI=1S/C19H16N4O2S/c24-16(25)11-10-14-18-21-22-19(26)23(18)15-9-5-4-8-13(15)17(20-14)12-6-2-1-3-7-12/h1-9,14H,10-11H2,(H,22,26)(H,24,25)/t14-/m0/s1. The van der Waals surface area contributed by atoms with Crippen LogP contribution in [0.2, 0.25) is 0 Å². The van der Waals surface area contributed by atoms with E-state index in [1.165, 1.54) is 0 Å². The first-order valence-electron chi connectivity index (χ1n) is 8.27. The Bertz CT molecular complexity index is 1050. The molecule has 0 radical (unpaired) electrons. The number of nitrogens with zero attached hydrogens (tertiary/aromatic N) is 3. The van der Waals surface area contributed by atoms with E-state index in [1.54, 1.807) is 0 Å². The highest BCUT2D eigenvalue weighted by atomic mass is 32.1. The predicted molar refractivity (Wildman–Crippen MR) is 100 cm³/mol. The van der Waals surface area contributed by atoms with Crippen LogP contribution in [0, 0.1) is 4.77 Å². The molecule has 2 aromatic carbocycles. The fourth-order valence-electron chi connectivity index (χ4n) is 3.20. The summed E-state index contributed by atoms with van der Waals surface area (Å²) in [7, 11) is 0. The van der Waals surface area contributed by atoms with Crippen molar-refractivity contribution in [3.63, 3.8) is 0 Å². The molecule has 2 N–H and O–H groups in total. The number of para-hydroxylation sites is 1. The SMILES string of the molecule is O=C(O)CC[C@@H]1N=C(c2ccccc2)c2ccccc2-n2c1n[nH]c2=S. The number of aliphatic imine (C=N–C) groups is 1. The van der Waals surface area contributed by atoms with Crippen LogP contribution in [-0.2, 0) is 4.79 Å². The van der Waals surface area contributed by atoms with Crippen molar-refractivity contribution in [3.8, 4) is 5.69 Å². The lowest BCUT2D eigenvalue weighted by atomic mass is 10.0. The Morgan fingerprint density at radius 3 is 2.65 bits per heavy atom. The van der Waals surface area contributed by atoms with Crippen LogP contribution in [0.15, 0.2) is 59.6 Å². The number of rotatable bonds is 4. The number of benzene rings is 2. The third kappa shape index (κ3) is 2.86. The van der Waals surface area contributed by atoms with Gasteiger partial charge in [-0.2, -0.15) is 5.10 Å². The summed E-state index contributed by atoms with van der Waals surface area (Å²) in [5.41, 5.74) is 3.62. The topological polar surface area (TPSA) is 83.3 Å². The molecule has 6 nitrogen and oxygen atoms in total. The maximum atomic E-state index is 11.1. The molecule has 0 saturated heterocycles. The van der Waals surface area contributed by atoms with E-state index < -0.39 is 12.0 Å². The van der Waals surface area contributed by atoms with Crippen molar-refractivity contribution in [1.82, 2.24) is 14.8 Å². The zero-order valence-electron chi connectivity index (χ0n) is 13.8. The lowest BCUT2D eigenvalue weighted by molar-refractivity contribution is -0.137. The molecule has 130 valence electrons. The first-order chi connectivity index (χ1) is 12.6. The molecule has 26 heavy (non-hydrogen) atoms. The summed E-state index contributed by atoms with van der Waals surface area (Å²) in [6.07, 6.45) is 0.353. The molecule has 7 heteroatoms. The van der Waals surface area contributed by atoms with Crippen molar-refractivity contribution in [1.29, 1.82) is 0 Å². The van der Waals surface area contributed by atoms with E-state index in [1.807, 2.05) is 59.2 Å². The van der Waals surface area contributed by atoms with Crippen molar-refractivity contribution < 1.29 is 9.90 Å². The Labute approximate surface area is 154 Å². The minimum Gasteiger partial charge on any atom is -0.481 e. The largest absolute Gasteiger partial charge is 0.481 e. The molecule has 1 aliphatic heterocycles. The van der Waals surface area contributed by atoms with Crippen LogP contribution in [0.5, 0.6) is 0 Å². The second-order valence-corrected chi connectivity index (χ2v) is 6.42. The number of fused-ring (bicyclic) bond motifs is 3. The van der Waals surface area contributed by atoms with Gasteiger partial charge < -0.3 is 5.11 Å². The van der Waals surface area contributed by atoms with Gasteiger partial charge in [0.25, 0.3) is 0 Å². The van der Waals surface area contributed by atoms with Crippen molar-refractivity contribution >= 4 is 23.9 Å². The molecule has 0 amide bonds. The van der Waals surface area contributed by atoms with E-state index in [4.69, 9.17) is 22.3 Å². The fourth-order valence-corrected chi connectivity index (χ4v) is 3.43. The van der Waals surface area contributed by atoms with Crippen molar-refractivity contribution in [2.45, 2.75) is 18.9 Å². The molecule has 0 aliphatic carbocycles. The molecule has 1 aliphatic rings. The minimum atomic E-state index is -0.857. The number of aromatic amines is 1. The molecule has 0 bridgehead atoms. The number of carboxylic acids is 1. The number of carboxylic acid groups (broad SMARTS) is 1. The lowest BCUT2D eigenvalue weighted by Gasteiger charge is -2.10. The molecular formula is C19H16N4O2S. The maximum Gasteiger partial charge on any atom is 0.303 e. The summed E-state index contributed by atoms with van der Waals surface area (Å²) in [6, 6.07) is 17.3. The van der Waals surface area contributed by atoms with E-state index in [9.17, 15) is 4.79 Å². The Morgan fingerprint density at radius 2 is 1.88 bits per heavy atom. The summed E-state index contributed by atoms with van der Waals surface area (Å²) in [4.78, 5) is 16.0. The van der Waals surface area contributed by atoms with Crippen LogP contribution in [0.1, 0.15) is 35.8 Å². The first-order valence-corrected chi connectivity index (χ1v) is 8.68. The number of aliphatic carboxylic acids is 1. The van der Waals surface area contributed by atoms with Crippen LogP contribution in [-0.4, -0.2) is 31.6 Å². The first kappa shape index (κ1) is 16.4. The molecule has 1 aromatic heterocycles. The maximum absolute atomic E-state index is 11.1.